The van der Waals surface area contributed by atoms with Gasteiger partial charge in [0, 0.05) is 12.4 Å². The number of carbonyl (C=O) groups is 3. The summed E-state index contributed by atoms with van der Waals surface area (Å²) in [5, 5.41) is 10.9. The molecule has 3 amide bonds. The number of hydrogen-bond donors (Lipinski definition) is 2. The zero-order chi connectivity index (χ0) is 13.1. The van der Waals surface area contributed by atoms with Crippen LogP contribution in [-0.2, 0) is 9.59 Å². The van der Waals surface area contributed by atoms with Gasteiger partial charge in [0.1, 0.15) is 12.2 Å². The van der Waals surface area contributed by atoms with Gasteiger partial charge in [-0.05, 0) is 23.8 Å². The molecule has 18 heavy (non-hydrogen) atoms. The number of imide groups is 1. The SMILES string of the molecule is O=C(O)CN1C(=O)N/C(=C\c2ccncc2)C1=O. The molecule has 1 aliphatic rings. The number of nitrogens with zero attached hydrogens (tertiary/aromatic N) is 2. The van der Waals surface area contributed by atoms with Gasteiger partial charge in [-0.15, -0.1) is 0 Å². The molecule has 0 radical (unpaired) electrons. The number of hydrogen-bond acceptors (Lipinski definition) is 4. The molecule has 1 fully saturated rings. The Hall–Kier alpha value is -2.70. The summed E-state index contributed by atoms with van der Waals surface area (Å²) in [4.78, 5) is 38.1. The number of rotatable bonds is 3. The molecule has 1 aromatic rings. The first-order valence-corrected chi connectivity index (χ1v) is 5.04. The third kappa shape index (κ3) is 2.34. The van der Waals surface area contributed by atoms with Crippen molar-refractivity contribution in [2.45, 2.75) is 0 Å². The molecule has 2 N–H and O–H groups in total. The third-order valence-corrected chi connectivity index (χ3v) is 2.27. The van der Waals surface area contributed by atoms with E-state index in [0.29, 0.717) is 10.5 Å². The maximum absolute atomic E-state index is 11.8. The smallest absolute Gasteiger partial charge is 0.329 e. The van der Waals surface area contributed by atoms with Crippen LogP contribution in [0.15, 0.2) is 30.2 Å². The highest BCUT2D eigenvalue weighted by atomic mass is 16.4. The summed E-state index contributed by atoms with van der Waals surface area (Å²) in [6, 6.07) is 2.58. The van der Waals surface area contributed by atoms with Crippen molar-refractivity contribution < 1.29 is 19.5 Å². The standard InChI is InChI=1S/C11H9N3O4/c15-9(16)6-14-10(17)8(13-11(14)18)5-7-1-3-12-4-2-7/h1-5H,6H2,(H,13,18)(H,15,16)/b8-5-. The molecular weight excluding hydrogens is 238 g/mol. The van der Waals surface area contributed by atoms with Gasteiger partial charge in [0.05, 0.1) is 0 Å². The van der Waals surface area contributed by atoms with Gasteiger partial charge in [-0.1, -0.05) is 0 Å². The molecule has 0 bridgehead atoms. The summed E-state index contributed by atoms with van der Waals surface area (Å²) < 4.78 is 0. The first-order valence-electron chi connectivity index (χ1n) is 5.04. The van der Waals surface area contributed by atoms with E-state index in [4.69, 9.17) is 5.11 Å². The van der Waals surface area contributed by atoms with Gasteiger partial charge >= 0.3 is 12.0 Å². The van der Waals surface area contributed by atoms with Crippen LogP contribution in [0.5, 0.6) is 0 Å². The molecule has 92 valence electrons. The second kappa shape index (κ2) is 4.66. The fourth-order valence-corrected chi connectivity index (χ4v) is 1.48. The Labute approximate surface area is 102 Å². The van der Waals surface area contributed by atoms with Crippen LogP contribution in [0.3, 0.4) is 0 Å². The molecule has 0 atom stereocenters. The lowest BCUT2D eigenvalue weighted by Crippen LogP contribution is -2.35. The lowest BCUT2D eigenvalue weighted by Gasteiger charge is -2.06. The first kappa shape index (κ1) is 11.8. The number of amides is 3. The molecular formula is C11H9N3O4. The van der Waals surface area contributed by atoms with Gasteiger partial charge in [-0.3, -0.25) is 14.6 Å². The summed E-state index contributed by atoms with van der Waals surface area (Å²) in [6.45, 7) is -0.654. The molecule has 0 aromatic carbocycles. The Morgan fingerprint density at radius 2 is 2.06 bits per heavy atom. The fraction of sp³-hybridized carbons (Fsp3) is 0.0909. The highest BCUT2D eigenvalue weighted by molar-refractivity contribution is 6.15. The highest BCUT2D eigenvalue weighted by Crippen LogP contribution is 2.13. The summed E-state index contributed by atoms with van der Waals surface area (Å²) in [7, 11) is 0. The van der Waals surface area contributed by atoms with E-state index in [1.165, 1.54) is 6.08 Å². The molecule has 7 heteroatoms. The fourth-order valence-electron chi connectivity index (χ4n) is 1.48. The lowest BCUT2D eigenvalue weighted by molar-refractivity contribution is -0.140. The van der Waals surface area contributed by atoms with Crippen molar-refractivity contribution in [2.24, 2.45) is 0 Å². The quantitative estimate of drug-likeness (QED) is 0.581. The molecule has 0 saturated carbocycles. The first-order chi connectivity index (χ1) is 8.58. The largest absolute Gasteiger partial charge is 0.480 e. The minimum atomic E-state index is -1.25. The number of carbonyl (C=O) groups excluding carboxylic acids is 2. The highest BCUT2D eigenvalue weighted by Gasteiger charge is 2.34. The predicted molar refractivity (Wildman–Crippen MR) is 60.1 cm³/mol. The third-order valence-electron chi connectivity index (χ3n) is 2.27. The van der Waals surface area contributed by atoms with Gasteiger partial charge in [0.2, 0.25) is 0 Å². The van der Waals surface area contributed by atoms with Crippen LogP contribution in [0.1, 0.15) is 5.56 Å². The minimum absolute atomic E-state index is 0.0486. The van der Waals surface area contributed by atoms with Crippen LogP contribution in [0.25, 0.3) is 6.08 Å². The number of pyridine rings is 1. The Kier molecular flexibility index (Phi) is 3.05. The van der Waals surface area contributed by atoms with Crippen molar-refractivity contribution >= 4 is 24.0 Å². The normalized spacial score (nSPS) is 17.1. The summed E-state index contributed by atoms with van der Waals surface area (Å²) in [6.07, 6.45) is 4.55. The predicted octanol–water partition coefficient (Wildman–Crippen LogP) is 0.0589. The van der Waals surface area contributed by atoms with Crippen molar-refractivity contribution in [1.29, 1.82) is 0 Å². The van der Waals surface area contributed by atoms with Crippen molar-refractivity contribution in [2.75, 3.05) is 6.54 Å². The maximum Gasteiger partial charge on any atom is 0.329 e. The maximum atomic E-state index is 11.8. The van der Waals surface area contributed by atoms with Crippen LogP contribution in [0, 0.1) is 0 Å². The molecule has 0 unspecified atom stereocenters. The second-order valence-corrected chi connectivity index (χ2v) is 3.55. The molecule has 2 rings (SSSR count). The van der Waals surface area contributed by atoms with Gasteiger partial charge in [-0.2, -0.15) is 0 Å². The Morgan fingerprint density at radius 3 is 2.67 bits per heavy atom. The van der Waals surface area contributed by atoms with Gasteiger partial charge in [-0.25, -0.2) is 9.69 Å². The number of aromatic nitrogens is 1. The number of urea groups is 1. The van der Waals surface area contributed by atoms with Crippen molar-refractivity contribution in [3.05, 3.63) is 35.8 Å². The number of aliphatic carboxylic acids is 1. The van der Waals surface area contributed by atoms with Gasteiger partial charge in [0.25, 0.3) is 5.91 Å². The van der Waals surface area contributed by atoms with Crippen LogP contribution in [-0.4, -0.2) is 39.4 Å². The van der Waals surface area contributed by atoms with E-state index in [1.807, 2.05) is 0 Å². The Morgan fingerprint density at radius 1 is 1.39 bits per heavy atom. The topological polar surface area (TPSA) is 99.6 Å². The van der Waals surface area contributed by atoms with E-state index in [-0.39, 0.29) is 5.70 Å². The molecule has 1 saturated heterocycles. The molecule has 7 nitrogen and oxygen atoms in total. The molecule has 0 aliphatic carbocycles. The van der Waals surface area contributed by atoms with E-state index < -0.39 is 24.5 Å². The Balaban J connectivity index is 2.23. The van der Waals surface area contributed by atoms with Crippen LogP contribution >= 0.6 is 0 Å². The summed E-state index contributed by atoms with van der Waals surface area (Å²) in [5.41, 5.74) is 0.735. The van der Waals surface area contributed by atoms with Gasteiger partial charge < -0.3 is 10.4 Å². The van der Waals surface area contributed by atoms with Gasteiger partial charge in [0.15, 0.2) is 0 Å². The van der Waals surface area contributed by atoms with E-state index in [0.717, 1.165) is 0 Å². The Bertz CT molecular complexity index is 538. The van der Waals surface area contributed by atoms with Crippen molar-refractivity contribution in [3.8, 4) is 0 Å². The molecule has 0 spiro atoms. The van der Waals surface area contributed by atoms with E-state index >= 15 is 0 Å². The number of carboxylic acids is 1. The van der Waals surface area contributed by atoms with Crippen LogP contribution < -0.4 is 5.32 Å². The summed E-state index contributed by atoms with van der Waals surface area (Å²) >= 11 is 0. The van der Waals surface area contributed by atoms with E-state index in [9.17, 15) is 14.4 Å². The average Bonchev–Trinajstić information content (AvgIpc) is 2.58. The number of carboxylic acid groups (broad SMARTS) is 1. The average molecular weight is 247 g/mol. The zero-order valence-corrected chi connectivity index (χ0v) is 9.16. The minimum Gasteiger partial charge on any atom is -0.480 e. The molecule has 1 aromatic heterocycles. The van der Waals surface area contributed by atoms with E-state index in [2.05, 4.69) is 10.3 Å². The monoisotopic (exact) mass is 247 g/mol. The van der Waals surface area contributed by atoms with Crippen LogP contribution in [0.4, 0.5) is 4.79 Å². The van der Waals surface area contributed by atoms with Crippen molar-refractivity contribution in [1.82, 2.24) is 15.2 Å². The lowest BCUT2D eigenvalue weighted by atomic mass is 10.2. The zero-order valence-electron chi connectivity index (χ0n) is 9.16. The summed E-state index contributed by atoms with van der Waals surface area (Å²) in [5.74, 6) is -1.90. The molecule has 2 heterocycles. The van der Waals surface area contributed by atoms with E-state index in [1.54, 1.807) is 24.5 Å². The second-order valence-electron chi connectivity index (χ2n) is 3.55. The van der Waals surface area contributed by atoms with Crippen LogP contribution in [0.2, 0.25) is 0 Å². The van der Waals surface area contributed by atoms with Crippen molar-refractivity contribution in [3.63, 3.8) is 0 Å². The number of nitrogens with one attached hydrogen (secondary N) is 1. The molecule has 1 aliphatic heterocycles.